The van der Waals surface area contributed by atoms with Gasteiger partial charge in [-0.05, 0) is 35.7 Å². The SMILES string of the molecule is COc1ccc(CNC(=O)c2cnc(NCc3ccccc3C)nc2)cc1. The van der Waals surface area contributed by atoms with Crippen LogP contribution in [-0.4, -0.2) is 23.0 Å². The van der Waals surface area contributed by atoms with Crippen LogP contribution in [0.15, 0.2) is 60.9 Å². The Morgan fingerprint density at radius 1 is 1.00 bits per heavy atom. The Morgan fingerprint density at radius 3 is 2.37 bits per heavy atom. The molecule has 3 aromatic rings. The maximum absolute atomic E-state index is 12.2. The fourth-order valence-electron chi connectivity index (χ4n) is 2.55. The van der Waals surface area contributed by atoms with Gasteiger partial charge in [0.2, 0.25) is 5.95 Å². The Kier molecular flexibility index (Phi) is 5.99. The van der Waals surface area contributed by atoms with Gasteiger partial charge in [0.15, 0.2) is 0 Å². The molecule has 0 fully saturated rings. The minimum atomic E-state index is -0.212. The molecule has 1 heterocycles. The summed E-state index contributed by atoms with van der Waals surface area (Å²) < 4.78 is 5.12. The van der Waals surface area contributed by atoms with Gasteiger partial charge in [-0.15, -0.1) is 0 Å². The molecule has 0 spiro atoms. The normalized spacial score (nSPS) is 10.3. The van der Waals surface area contributed by atoms with Crippen molar-refractivity contribution >= 4 is 11.9 Å². The highest BCUT2D eigenvalue weighted by Crippen LogP contribution is 2.12. The summed E-state index contributed by atoms with van der Waals surface area (Å²) in [4.78, 5) is 20.7. The van der Waals surface area contributed by atoms with E-state index in [4.69, 9.17) is 4.74 Å². The standard InChI is InChI=1S/C21H22N4O2/c1-15-5-3-4-6-17(15)12-23-21-24-13-18(14-25-21)20(26)22-11-16-7-9-19(27-2)10-8-16/h3-10,13-14H,11-12H2,1-2H3,(H,22,26)(H,23,24,25). The van der Waals surface area contributed by atoms with Gasteiger partial charge in [-0.1, -0.05) is 36.4 Å². The van der Waals surface area contributed by atoms with Crippen LogP contribution in [0, 0.1) is 6.92 Å². The monoisotopic (exact) mass is 362 g/mol. The van der Waals surface area contributed by atoms with E-state index in [1.54, 1.807) is 7.11 Å². The summed E-state index contributed by atoms with van der Waals surface area (Å²) in [5.41, 5.74) is 3.80. The molecule has 0 aliphatic carbocycles. The Labute approximate surface area is 158 Å². The third kappa shape index (κ3) is 5.04. The Balaban J connectivity index is 1.52. The molecule has 0 aliphatic rings. The Morgan fingerprint density at radius 2 is 1.70 bits per heavy atom. The molecular formula is C21H22N4O2. The summed E-state index contributed by atoms with van der Waals surface area (Å²) >= 11 is 0. The second kappa shape index (κ2) is 8.80. The molecule has 1 amide bonds. The average Bonchev–Trinajstić information content (AvgIpc) is 2.72. The molecule has 0 radical (unpaired) electrons. The topological polar surface area (TPSA) is 76.1 Å². The first-order chi connectivity index (χ1) is 13.2. The van der Waals surface area contributed by atoms with Gasteiger partial charge in [0.1, 0.15) is 5.75 Å². The molecule has 0 aliphatic heterocycles. The molecular weight excluding hydrogens is 340 g/mol. The Bertz CT molecular complexity index is 893. The number of aryl methyl sites for hydroxylation is 1. The number of anilines is 1. The van der Waals surface area contributed by atoms with Crippen molar-refractivity contribution in [1.82, 2.24) is 15.3 Å². The Hall–Kier alpha value is -3.41. The van der Waals surface area contributed by atoms with E-state index in [9.17, 15) is 4.79 Å². The molecule has 2 aromatic carbocycles. The number of benzene rings is 2. The summed E-state index contributed by atoms with van der Waals surface area (Å²) in [6, 6.07) is 15.7. The van der Waals surface area contributed by atoms with Crippen LogP contribution < -0.4 is 15.4 Å². The summed E-state index contributed by atoms with van der Waals surface area (Å²) in [5.74, 6) is 1.06. The predicted molar refractivity (Wildman–Crippen MR) is 105 cm³/mol. The molecule has 0 unspecified atom stereocenters. The van der Waals surface area contributed by atoms with Crippen molar-refractivity contribution in [2.24, 2.45) is 0 Å². The third-order valence-corrected chi connectivity index (χ3v) is 4.22. The highest BCUT2D eigenvalue weighted by atomic mass is 16.5. The lowest BCUT2D eigenvalue weighted by molar-refractivity contribution is 0.0950. The summed E-state index contributed by atoms with van der Waals surface area (Å²) in [5, 5.41) is 6.03. The molecule has 138 valence electrons. The number of amides is 1. The van der Waals surface area contributed by atoms with Gasteiger partial charge < -0.3 is 15.4 Å². The number of hydrogen-bond acceptors (Lipinski definition) is 5. The van der Waals surface area contributed by atoms with Crippen LogP contribution >= 0.6 is 0 Å². The first kappa shape index (κ1) is 18.4. The second-order valence-corrected chi connectivity index (χ2v) is 6.11. The van der Waals surface area contributed by atoms with E-state index in [0.29, 0.717) is 24.6 Å². The number of carbonyl (C=O) groups is 1. The summed E-state index contributed by atoms with van der Waals surface area (Å²) in [6.45, 7) is 3.12. The summed E-state index contributed by atoms with van der Waals surface area (Å²) in [6.07, 6.45) is 3.05. The molecule has 0 saturated carbocycles. The van der Waals surface area contributed by atoms with E-state index >= 15 is 0 Å². The molecule has 2 N–H and O–H groups in total. The lowest BCUT2D eigenvalue weighted by atomic mass is 10.1. The van der Waals surface area contributed by atoms with Crippen LogP contribution in [0.3, 0.4) is 0 Å². The van der Waals surface area contributed by atoms with Crippen LogP contribution in [0.1, 0.15) is 27.0 Å². The van der Waals surface area contributed by atoms with E-state index in [0.717, 1.165) is 11.3 Å². The van der Waals surface area contributed by atoms with Crippen molar-refractivity contribution in [3.8, 4) is 5.75 Å². The first-order valence-corrected chi connectivity index (χ1v) is 8.67. The van der Waals surface area contributed by atoms with Crippen molar-refractivity contribution in [3.05, 3.63) is 83.2 Å². The molecule has 27 heavy (non-hydrogen) atoms. The van der Waals surface area contributed by atoms with Crippen molar-refractivity contribution in [2.75, 3.05) is 12.4 Å². The minimum absolute atomic E-state index is 0.212. The van der Waals surface area contributed by atoms with Gasteiger partial charge in [0.05, 0.1) is 12.7 Å². The van der Waals surface area contributed by atoms with Gasteiger partial charge in [-0.2, -0.15) is 0 Å². The highest BCUT2D eigenvalue weighted by molar-refractivity contribution is 5.93. The van der Waals surface area contributed by atoms with Crippen molar-refractivity contribution in [1.29, 1.82) is 0 Å². The smallest absolute Gasteiger partial charge is 0.254 e. The van der Waals surface area contributed by atoms with E-state index < -0.39 is 0 Å². The van der Waals surface area contributed by atoms with Crippen molar-refractivity contribution < 1.29 is 9.53 Å². The van der Waals surface area contributed by atoms with Crippen LogP contribution in [0.2, 0.25) is 0 Å². The zero-order valence-corrected chi connectivity index (χ0v) is 15.4. The van der Waals surface area contributed by atoms with E-state index in [1.165, 1.54) is 23.5 Å². The summed E-state index contributed by atoms with van der Waals surface area (Å²) in [7, 11) is 1.62. The van der Waals surface area contributed by atoms with Crippen LogP contribution in [0.5, 0.6) is 5.75 Å². The maximum Gasteiger partial charge on any atom is 0.254 e. The predicted octanol–water partition coefficient (Wildman–Crippen LogP) is 3.34. The highest BCUT2D eigenvalue weighted by Gasteiger charge is 2.07. The van der Waals surface area contributed by atoms with Gasteiger partial charge in [0, 0.05) is 25.5 Å². The van der Waals surface area contributed by atoms with Gasteiger partial charge in [-0.3, -0.25) is 4.79 Å². The third-order valence-electron chi connectivity index (χ3n) is 4.22. The molecule has 1 aromatic heterocycles. The molecule has 6 nitrogen and oxygen atoms in total. The van der Waals surface area contributed by atoms with Crippen LogP contribution in [0.4, 0.5) is 5.95 Å². The number of aromatic nitrogens is 2. The average molecular weight is 362 g/mol. The number of hydrogen-bond donors (Lipinski definition) is 2. The first-order valence-electron chi connectivity index (χ1n) is 8.67. The number of methoxy groups -OCH3 is 1. The number of nitrogens with one attached hydrogen (secondary N) is 2. The molecule has 0 atom stereocenters. The number of nitrogens with zero attached hydrogens (tertiary/aromatic N) is 2. The van der Waals surface area contributed by atoms with Crippen molar-refractivity contribution in [3.63, 3.8) is 0 Å². The van der Waals surface area contributed by atoms with E-state index in [2.05, 4.69) is 39.7 Å². The van der Waals surface area contributed by atoms with Crippen LogP contribution in [0.25, 0.3) is 0 Å². The molecule has 0 bridgehead atoms. The number of ether oxygens (including phenoxy) is 1. The lowest BCUT2D eigenvalue weighted by Gasteiger charge is -2.08. The molecule has 0 saturated heterocycles. The van der Waals surface area contributed by atoms with Gasteiger partial charge in [-0.25, -0.2) is 9.97 Å². The zero-order chi connectivity index (χ0) is 19.1. The van der Waals surface area contributed by atoms with Gasteiger partial charge in [0.25, 0.3) is 5.91 Å². The maximum atomic E-state index is 12.2. The molecule has 6 heteroatoms. The quantitative estimate of drug-likeness (QED) is 0.674. The molecule has 3 rings (SSSR count). The van der Waals surface area contributed by atoms with Crippen molar-refractivity contribution in [2.45, 2.75) is 20.0 Å². The van der Waals surface area contributed by atoms with E-state index in [-0.39, 0.29) is 5.91 Å². The van der Waals surface area contributed by atoms with E-state index in [1.807, 2.05) is 36.4 Å². The van der Waals surface area contributed by atoms with Crippen LogP contribution in [-0.2, 0) is 13.1 Å². The zero-order valence-electron chi connectivity index (χ0n) is 15.4. The largest absolute Gasteiger partial charge is 0.497 e. The van der Waals surface area contributed by atoms with Gasteiger partial charge >= 0.3 is 0 Å². The fraction of sp³-hybridized carbons (Fsp3) is 0.190. The lowest BCUT2D eigenvalue weighted by Crippen LogP contribution is -2.23. The second-order valence-electron chi connectivity index (χ2n) is 6.11. The fourth-order valence-corrected chi connectivity index (χ4v) is 2.55. The number of rotatable bonds is 7. The minimum Gasteiger partial charge on any atom is -0.497 e. The number of carbonyl (C=O) groups excluding carboxylic acids is 1.